The molecular weight excluding hydrogens is 296 g/mol. The zero-order chi connectivity index (χ0) is 17.5. The molecule has 0 unspecified atom stereocenters. The molecule has 24 heavy (non-hydrogen) atoms. The lowest BCUT2D eigenvalue weighted by atomic mass is 9.68. The lowest BCUT2D eigenvalue weighted by Crippen LogP contribution is -2.24. The van der Waals surface area contributed by atoms with Crippen molar-refractivity contribution in [3.8, 4) is 0 Å². The van der Waals surface area contributed by atoms with Gasteiger partial charge < -0.3 is 4.74 Å². The van der Waals surface area contributed by atoms with Crippen molar-refractivity contribution in [3.63, 3.8) is 0 Å². The second kappa shape index (κ2) is 13.7. The second-order valence-corrected chi connectivity index (χ2v) is 8.07. The van der Waals surface area contributed by atoms with Crippen LogP contribution in [-0.2, 0) is 9.53 Å². The summed E-state index contributed by atoms with van der Waals surface area (Å²) in [6.07, 6.45) is 24.2. The van der Waals surface area contributed by atoms with Crippen LogP contribution in [-0.4, -0.2) is 13.1 Å². The summed E-state index contributed by atoms with van der Waals surface area (Å²) >= 11 is 0. The van der Waals surface area contributed by atoms with E-state index in [4.69, 9.17) is 4.74 Å². The number of hydrogen-bond donors (Lipinski definition) is 0. The zero-order valence-electron chi connectivity index (χ0n) is 16.5. The predicted octanol–water partition coefficient (Wildman–Crippen LogP) is 7.20. The summed E-state index contributed by atoms with van der Waals surface area (Å²) in [6.45, 7) is 2.30. The summed E-state index contributed by atoms with van der Waals surface area (Å²) < 4.78 is 4.69. The maximum Gasteiger partial charge on any atom is 0.305 e. The topological polar surface area (TPSA) is 26.3 Å². The van der Waals surface area contributed by atoms with Crippen LogP contribution in [0, 0.1) is 5.41 Å². The van der Waals surface area contributed by atoms with Gasteiger partial charge in [-0.05, 0) is 37.5 Å². The number of unbranched alkanes of at least 4 members (excludes halogenated alkanes) is 8. The minimum absolute atomic E-state index is 0.0563. The van der Waals surface area contributed by atoms with Crippen molar-refractivity contribution < 1.29 is 9.53 Å². The molecule has 0 N–H and O–H groups in total. The molecule has 2 nitrogen and oxygen atoms in total. The first-order chi connectivity index (χ1) is 11.7. The smallest absolute Gasteiger partial charge is 0.305 e. The average molecular weight is 339 g/mol. The fourth-order valence-electron chi connectivity index (χ4n) is 4.43. The Morgan fingerprint density at radius 1 is 0.792 bits per heavy atom. The van der Waals surface area contributed by atoms with E-state index in [1.54, 1.807) is 0 Å². The Morgan fingerprint density at radius 2 is 1.33 bits per heavy atom. The lowest BCUT2D eigenvalue weighted by molar-refractivity contribution is -0.140. The predicted molar refractivity (Wildman–Crippen MR) is 103 cm³/mol. The number of hydrogen-bond acceptors (Lipinski definition) is 2. The number of rotatable bonds is 14. The van der Waals surface area contributed by atoms with Gasteiger partial charge in [-0.25, -0.2) is 0 Å². The monoisotopic (exact) mass is 338 g/mol. The largest absolute Gasteiger partial charge is 0.469 e. The molecule has 0 aromatic rings. The maximum absolute atomic E-state index is 11.1. The number of carbonyl (C=O) groups excluding carboxylic acids is 1. The standard InChI is InChI=1S/C22H42O2/c1-3-4-5-8-12-17-22(19-14-10-15-20-22)18-13-9-6-7-11-16-21(23)24-2/h3-20H2,1-2H3. The van der Waals surface area contributed by atoms with E-state index in [0.717, 1.165) is 6.42 Å². The first-order valence-electron chi connectivity index (χ1n) is 10.8. The fraction of sp³-hybridized carbons (Fsp3) is 0.955. The van der Waals surface area contributed by atoms with Gasteiger partial charge in [-0.3, -0.25) is 4.79 Å². The van der Waals surface area contributed by atoms with Gasteiger partial charge in [-0.15, -0.1) is 0 Å². The van der Waals surface area contributed by atoms with Crippen LogP contribution >= 0.6 is 0 Å². The Morgan fingerprint density at radius 3 is 1.92 bits per heavy atom. The van der Waals surface area contributed by atoms with Crippen LogP contribution in [0.5, 0.6) is 0 Å². The minimum atomic E-state index is -0.0563. The molecule has 1 fully saturated rings. The Labute approximate surface area is 151 Å². The second-order valence-electron chi connectivity index (χ2n) is 8.07. The molecule has 1 saturated carbocycles. The van der Waals surface area contributed by atoms with E-state index in [1.165, 1.54) is 110 Å². The third-order valence-electron chi connectivity index (χ3n) is 6.04. The number of ether oxygens (including phenoxy) is 1. The van der Waals surface area contributed by atoms with E-state index in [9.17, 15) is 4.79 Å². The van der Waals surface area contributed by atoms with Crippen LogP contribution in [0.25, 0.3) is 0 Å². The van der Waals surface area contributed by atoms with Crippen molar-refractivity contribution in [1.82, 2.24) is 0 Å². The van der Waals surface area contributed by atoms with Gasteiger partial charge in [0.25, 0.3) is 0 Å². The van der Waals surface area contributed by atoms with Crippen molar-refractivity contribution in [3.05, 3.63) is 0 Å². The Balaban J connectivity index is 2.14. The number of esters is 1. The van der Waals surface area contributed by atoms with Crippen molar-refractivity contribution in [2.75, 3.05) is 7.11 Å². The van der Waals surface area contributed by atoms with E-state index in [2.05, 4.69) is 6.92 Å². The average Bonchev–Trinajstić information content (AvgIpc) is 2.61. The molecule has 2 heteroatoms. The third kappa shape index (κ3) is 9.69. The molecule has 142 valence electrons. The highest BCUT2D eigenvalue weighted by Gasteiger charge is 2.30. The molecule has 0 aromatic heterocycles. The maximum atomic E-state index is 11.1. The Bertz CT molecular complexity index is 305. The molecule has 0 aromatic carbocycles. The van der Waals surface area contributed by atoms with Gasteiger partial charge >= 0.3 is 5.97 Å². The Kier molecular flexibility index (Phi) is 12.3. The molecule has 0 aliphatic heterocycles. The van der Waals surface area contributed by atoms with E-state index in [-0.39, 0.29) is 5.97 Å². The quantitative estimate of drug-likeness (QED) is 0.247. The van der Waals surface area contributed by atoms with Gasteiger partial charge in [-0.1, -0.05) is 84.0 Å². The summed E-state index contributed by atoms with van der Waals surface area (Å²) in [5.41, 5.74) is 0.691. The van der Waals surface area contributed by atoms with E-state index < -0.39 is 0 Å². The van der Waals surface area contributed by atoms with Crippen LogP contribution in [0.15, 0.2) is 0 Å². The molecule has 1 rings (SSSR count). The van der Waals surface area contributed by atoms with Crippen LogP contribution in [0.1, 0.15) is 122 Å². The highest BCUT2D eigenvalue weighted by atomic mass is 16.5. The molecule has 0 spiro atoms. The normalized spacial score (nSPS) is 16.9. The van der Waals surface area contributed by atoms with Crippen LogP contribution in [0.4, 0.5) is 0 Å². The van der Waals surface area contributed by atoms with Crippen molar-refractivity contribution in [2.45, 2.75) is 122 Å². The van der Waals surface area contributed by atoms with Crippen molar-refractivity contribution in [2.24, 2.45) is 5.41 Å². The van der Waals surface area contributed by atoms with E-state index in [1.807, 2.05) is 0 Å². The van der Waals surface area contributed by atoms with Gasteiger partial charge in [0.2, 0.25) is 0 Å². The van der Waals surface area contributed by atoms with Gasteiger partial charge in [-0.2, -0.15) is 0 Å². The van der Waals surface area contributed by atoms with Crippen LogP contribution in [0.3, 0.4) is 0 Å². The summed E-state index contributed by atoms with van der Waals surface area (Å²) in [6, 6.07) is 0. The highest BCUT2D eigenvalue weighted by Crippen LogP contribution is 2.44. The number of carbonyl (C=O) groups is 1. The molecule has 0 amide bonds. The van der Waals surface area contributed by atoms with Gasteiger partial charge in [0, 0.05) is 6.42 Å². The highest BCUT2D eigenvalue weighted by molar-refractivity contribution is 5.68. The Hall–Kier alpha value is -0.530. The first-order valence-corrected chi connectivity index (χ1v) is 10.8. The van der Waals surface area contributed by atoms with Gasteiger partial charge in [0.15, 0.2) is 0 Å². The fourth-order valence-corrected chi connectivity index (χ4v) is 4.43. The van der Waals surface area contributed by atoms with E-state index in [0.29, 0.717) is 11.8 Å². The molecule has 0 bridgehead atoms. The van der Waals surface area contributed by atoms with Crippen LogP contribution in [0.2, 0.25) is 0 Å². The molecular formula is C22H42O2. The molecule has 0 saturated heterocycles. The lowest BCUT2D eigenvalue weighted by Gasteiger charge is -2.38. The van der Waals surface area contributed by atoms with Crippen molar-refractivity contribution in [1.29, 1.82) is 0 Å². The first kappa shape index (κ1) is 21.5. The molecule has 0 atom stereocenters. The summed E-state index contributed by atoms with van der Waals surface area (Å²) in [5, 5.41) is 0. The molecule has 1 aliphatic carbocycles. The summed E-state index contributed by atoms with van der Waals surface area (Å²) in [5.74, 6) is -0.0563. The van der Waals surface area contributed by atoms with Gasteiger partial charge in [0.05, 0.1) is 7.11 Å². The van der Waals surface area contributed by atoms with E-state index >= 15 is 0 Å². The molecule has 0 radical (unpaired) electrons. The summed E-state index contributed by atoms with van der Waals surface area (Å²) in [4.78, 5) is 11.1. The molecule has 0 heterocycles. The molecule has 1 aliphatic rings. The SMILES string of the molecule is CCCCCCCC1(CCCCCCCC(=O)OC)CCCCC1. The van der Waals surface area contributed by atoms with Crippen LogP contribution < -0.4 is 0 Å². The summed E-state index contributed by atoms with van der Waals surface area (Å²) in [7, 11) is 1.48. The number of methoxy groups -OCH3 is 1. The third-order valence-corrected chi connectivity index (χ3v) is 6.04. The zero-order valence-corrected chi connectivity index (χ0v) is 16.5. The van der Waals surface area contributed by atoms with Gasteiger partial charge in [0.1, 0.15) is 0 Å². The van der Waals surface area contributed by atoms with Crippen molar-refractivity contribution >= 4 is 5.97 Å². The minimum Gasteiger partial charge on any atom is -0.469 e.